The van der Waals surface area contributed by atoms with Gasteiger partial charge in [-0.3, -0.25) is 13.9 Å². The third kappa shape index (κ3) is 8.81. The molecule has 11 nitrogen and oxygen atoms in total. The zero-order valence-electron chi connectivity index (χ0n) is 26.9. The van der Waals surface area contributed by atoms with E-state index in [1.165, 1.54) is 44.4 Å². The Hall–Kier alpha value is -4.45. The van der Waals surface area contributed by atoms with Crippen LogP contribution >= 0.6 is 0 Å². The van der Waals surface area contributed by atoms with E-state index in [1.54, 1.807) is 49.4 Å². The fourth-order valence-electron chi connectivity index (χ4n) is 4.52. The first-order chi connectivity index (χ1) is 21.5. The largest absolute Gasteiger partial charge is 0.497 e. The molecule has 3 aromatic rings. The van der Waals surface area contributed by atoms with Crippen molar-refractivity contribution in [2.24, 2.45) is 0 Å². The van der Waals surface area contributed by atoms with Gasteiger partial charge in [0.1, 0.15) is 24.1 Å². The lowest BCUT2D eigenvalue weighted by Crippen LogP contribution is -2.52. The van der Waals surface area contributed by atoms with Crippen molar-refractivity contribution in [3.8, 4) is 23.0 Å². The van der Waals surface area contributed by atoms with Gasteiger partial charge < -0.3 is 29.2 Å². The SMILES string of the molecule is CCOc1ccc(N(CC(=O)N(Cc2cccc(OC)c2)[C@@H](C)C(=O)N[C@@H](C)CC)S(=O)(=O)c2ccc(OC)c(OC)c2)cc1. The predicted molar refractivity (Wildman–Crippen MR) is 173 cm³/mol. The zero-order chi connectivity index (χ0) is 33.1. The van der Waals surface area contributed by atoms with E-state index in [4.69, 9.17) is 18.9 Å². The molecule has 0 saturated carbocycles. The van der Waals surface area contributed by atoms with Gasteiger partial charge >= 0.3 is 0 Å². The van der Waals surface area contributed by atoms with Crippen molar-refractivity contribution < 1.29 is 37.0 Å². The average molecular weight is 642 g/mol. The molecule has 0 fully saturated rings. The molecule has 0 spiro atoms. The van der Waals surface area contributed by atoms with Crippen molar-refractivity contribution in [3.05, 3.63) is 72.3 Å². The van der Waals surface area contributed by atoms with Gasteiger partial charge in [-0.15, -0.1) is 0 Å². The number of carbonyl (C=O) groups is 2. The first-order valence-corrected chi connectivity index (χ1v) is 16.1. The fraction of sp³-hybridized carbons (Fsp3) is 0.394. The summed E-state index contributed by atoms with van der Waals surface area (Å²) in [7, 11) is 0.0686. The molecule has 244 valence electrons. The summed E-state index contributed by atoms with van der Waals surface area (Å²) in [5.74, 6) is 0.769. The van der Waals surface area contributed by atoms with Gasteiger partial charge in [0, 0.05) is 18.7 Å². The highest BCUT2D eigenvalue weighted by Gasteiger charge is 2.33. The number of carbonyl (C=O) groups excluding carboxylic acids is 2. The van der Waals surface area contributed by atoms with Crippen molar-refractivity contribution >= 4 is 27.5 Å². The van der Waals surface area contributed by atoms with Crippen LogP contribution in [0.15, 0.2) is 71.6 Å². The molecule has 3 rings (SSSR count). The van der Waals surface area contributed by atoms with E-state index < -0.39 is 28.5 Å². The van der Waals surface area contributed by atoms with Crippen LogP contribution in [-0.2, 0) is 26.2 Å². The highest BCUT2D eigenvalue weighted by molar-refractivity contribution is 7.92. The molecule has 1 N–H and O–H groups in total. The molecular formula is C33H43N3O8S. The minimum Gasteiger partial charge on any atom is -0.497 e. The molecule has 3 aromatic carbocycles. The van der Waals surface area contributed by atoms with Crippen molar-refractivity contribution in [1.82, 2.24) is 10.2 Å². The summed E-state index contributed by atoms with van der Waals surface area (Å²) in [6, 6.07) is 16.7. The van der Waals surface area contributed by atoms with Crippen LogP contribution in [0.5, 0.6) is 23.0 Å². The third-order valence-electron chi connectivity index (χ3n) is 7.31. The van der Waals surface area contributed by atoms with Crippen LogP contribution in [-0.4, -0.2) is 71.7 Å². The second-order valence-electron chi connectivity index (χ2n) is 10.3. The summed E-state index contributed by atoms with van der Waals surface area (Å²) < 4.78 is 51.0. The smallest absolute Gasteiger partial charge is 0.264 e. The number of sulfonamides is 1. The number of anilines is 1. The van der Waals surface area contributed by atoms with E-state index >= 15 is 0 Å². The molecule has 12 heteroatoms. The summed E-state index contributed by atoms with van der Waals surface area (Å²) >= 11 is 0. The first-order valence-electron chi connectivity index (χ1n) is 14.7. The Bertz CT molecular complexity index is 1550. The van der Waals surface area contributed by atoms with Gasteiger partial charge in [0.2, 0.25) is 11.8 Å². The van der Waals surface area contributed by atoms with Crippen LogP contribution < -0.4 is 28.6 Å². The number of nitrogens with one attached hydrogen (secondary N) is 1. The molecule has 0 bridgehead atoms. The minimum atomic E-state index is -4.33. The molecule has 0 aliphatic carbocycles. The van der Waals surface area contributed by atoms with Crippen LogP contribution in [0.4, 0.5) is 5.69 Å². The first kappa shape index (κ1) is 35.0. The Morgan fingerprint density at radius 3 is 2.13 bits per heavy atom. The molecule has 0 radical (unpaired) electrons. The summed E-state index contributed by atoms with van der Waals surface area (Å²) in [5.41, 5.74) is 0.945. The molecule has 2 amide bonds. The molecule has 0 unspecified atom stereocenters. The molecular weight excluding hydrogens is 598 g/mol. The Balaban J connectivity index is 2.09. The number of methoxy groups -OCH3 is 3. The van der Waals surface area contributed by atoms with E-state index in [2.05, 4.69) is 5.32 Å². The lowest BCUT2D eigenvalue weighted by Gasteiger charge is -2.32. The lowest BCUT2D eigenvalue weighted by molar-refractivity contribution is -0.139. The van der Waals surface area contributed by atoms with Gasteiger partial charge in [0.15, 0.2) is 11.5 Å². The second-order valence-corrected chi connectivity index (χ2v) is 12.2. The number of hydrogen-bond donors (Lipinski definition) is 1. The summed E-state index contributed by atoms with van der Waals surface area (Å²) in [6.07, 6.45) is 0.706. The number of rotatable bonds is 16. The average Bonchev–Trinajstić information content (AvgIpc) is 3.05. The van der Waals surface area contributed by atoms with Gasteiger partial charge in [0.05, 0.1) is 38.5 Å². The van der Waals surface area contributed by atoms with E-state index in [-0.39, 0.29) is 34.8 Å². The van der Waals surface area contributed by atoms with Crippen molar-refractivity contribution in [3.63, 3.8) is 0 Å². The second kappa shape index (κ2) is 16.0. The highest BCUT2D eigenvalue weighted by atomic mass is 32.2. The molecule has 0 heterocycles. The van der Waals surface area contributed by atoms with Crippen molar-refractivity contribution in [1.29, 1.82) is 0 Å². The van der Waals surface area contributed by atoms with Crippen LogP contribution in [0.2, 0.25) is 0 Å². The van der Waals surface area contributed by atoms with Crippen molar-refractivity contribution in [2.45, 2.75) is 57.6 Å². The predicted octanol–water partition coefficient (Wildman–Crippen LogP) is 4.64. The van der Waals surface area contributed by atoms with Crippen LogP contribution in [0, 0.1) is 0 Å². The maximum absolute atomic E-state index is 14.2. The summed E-state index contributed by atoms with van der Waals surface area (Å²) in [6.45, 7) is 7.18. The maximum atomic E-state index is 14.2. The number of nitrogens with zero attached hydrogens (tertiary/aromatic N) is 2. The van der Waals surface area contributed by atoms with E-state index in [0.29, 0.717) is 35.8 Å². The van der Waals surface area contributed by atoms with E-state index in [9.17, 15) is 18.0 Å². The normalized spacial score (nSPS) is 12.4. The Kier molecular flexibility index (Phi) is 12.5. The van der Waals surface area contributed by atoms with E-state index in [0.717, 1.165) is 4.31 Å². The topological polar surface area (TPSA) is 124 Å². The standard InChI is InChI=1S/C33H43N3O8S/c1-8-23(3)34-33(38)24(4)35(21-25-11-10-12-28(19-25)41-5)32(37)22-36(26-13-15-27(16-14-26)44-9-2)45(39,40)29-17-18-30(42-6)31(20-29)43-7/h10-20,23-24H,8-9,21-22H2,1-7H3,(H,34,38)/t23-,24-/m0/s1. The quantitative estimate of drug-likeness (QED) is 0.240. The molecule has 0 aliphatic rings. The summed E-state index contributed by atoms with van der Waals surface area (Å²) in [4.78, 5) is 28.7. The maximum Gasteiger partial charge on any atom is 0.264 e. The number of hydrogen-bond acceptors (Lipinski definition) is 8. The Morgan fingerprint density at radius 2 is 1.53 bits per heavy atom. The van der Waals surface area contributed by atoms with Gasteiger partial charge in [-0.1, -0.05) is 19.1 Å². The van der Waals surface area contributed by atoms with Gasteiger partial charge in [0.25, 0.3) is 10.0 Å². The highest BCUT2D eigenvalue weighted by Crippen LogP contribution is 2.33. The van der Waals surface area contributed by atoms with E-state index in [1.807, 2.05) is 26.8 Å². The molecule has 0 saturated heterocycles. The van der Waals surface area contributed by atoms with Crippen LogP contribution in [0.3, 0.4) is 0 Å². The van der Waals surface area contributed by atoms with Crippen molar-refractivity contribution in [2.75, 3.05) is 38.8 Å². The zero-order valence-corrected chi connectivity index (χ0v) is 27.7. The van der Waals surface area contributed by atoms with Crippen LogP contribution in [0.1, 0.15) is 39.7 Å². The monoisotopic (exact) mass is 641 g/mol. The lowest BCUT2D eigenvalue weighted by atomic mass is 10.1. The number of ether oxygens (including phenoxy) is 4. The van der Waals surface area contributed by atoms with Gasteiger partial charge in [-0.2, -0.15) is 0 Å². The third-order valence-corrected chi connectivity index (χ3v) is 9.08. The number of amides is 2. The van der Waals surface area contributed by atoms with Crippen LogP contribution in [0.25, 0.3) is 0 Å². The molecule has 0 aliphatic heterocycles. The molecule has 2 atom stereocenters. The minimum absolute atomic E-state index is 0.0403. The van der Waals surface area contributed by atoms with Gasteiger partial charge in [-0.05, 0) is 81.3 Å². The molecule has 0 aromatic heterocycles. The fourth-order valence-corrected chi connectivity index (χ4v) is 5.95. The summed E-state index contributed by atoms with van der Waals surface area (Å²) in [5, 5.41) is 2.93. The number of benzene rings is 3. The Morgan fingerprint density at radius 1 is 0.844 bits per heavy atom. The Labute approximate surface area is 266 Å². The molecule has 45 heavy (non-hydrogen) atoms. The van der Waals surface area contributed by atoms with Gasteiger partial charge in [-0.25, -0.2) is 8.42 Å².